The van der Waals surface area contributed by atoms with Crippen molar-refractivity contribution >= 4 is 0 Å². The molecule has 4 nitrogen and oxygen atoms in total. The first-order valence-electron chi connectivity index (χ1n) is 4.38. The number of phenols is 1. The molecule has 0 fully saturated rings. The molecule has 2 rings (SSSR count). The zero-order valence-electron chi connectivity index (χ0n) is 7.53. The highest BCUT2D eigenvalue weighted by atomic mass is 16.5. The van der Waals surface area contributed by atoms with Gasteiger partial charge in [0.05, 0.1) is 6.61 Å². The number of nitrogens with two attached hydrogens (primary N) is 1. The fourth-order valence-electron chi connectivity index (χ4n) is 1.59. The van der Waals surface area contributed by atoms with Crippen LogP contribution in [0, 0.1) is 11.3 Å². The summed E-state index contributed by atoms with van der Waals surface area (Å²) in [6.45, 7) is 0.492. The molecule has 14 heavy (non-hydrogen) atoms. The molecule has 0 spiro atoms. The number of phenolic OH excluding ortho intramolecular Hbond substituents is 1. The number of nitriles is 1. The zero-order valence-corrected chi connectivity index (χ0v) is 7.53. The van der Waals surface area contributed by atoms with Crippen LogP contribution in [0.2, 0.25) is 0 Å². The molecule has 1 aromatic carbocycles. The fourth-order valence-corrected chi connectivity index (χ4v) is 1.59. The van der Waals surface area contributed by atoms with E-state index in [0.29, 0.717) is 12.4 Å². The largest absolute Gasteiger partial charge is 0.506 e. The number of hydrogen-bond donors (Lipinski definition) is 2. The van der Waals surface area contributed by atoms with E-state index in [1.807, 2.05) is 6.07 Å². The number of fused-ring (bicyclic) bond motifs is 1. The van der Waals surface area contributed by atoms with Gasteiger partial charge in [-0.15, -0.1) is 0 Å². The zero-order chi connectivity index (χ0) is 10.1. The molecule has 72 valence electrons. The second-order valence-corrected chi connectivity index (χ2v) is 3.23. The lowest BCUT2D eigenvalue weighted by molar-refractivity contribution is 0.266. The van der Waals surface area contributed by atoms with Gasteiger partial charge in [-0.25, -0.2) is 0 Å². The highest BCUT2D eigenvalue weighted by molar-refractivity contribution is 5.57. The average molecular weight is 190 g/mol. The van der Waals surface area contributed by atoms with Crippen molar-refractivity contribution in [3.63, 3.8) is 0 Å². The molecule has 1 aliphatic rings. The number of rotatable bonds is 0. The van der Waals surface area contributed by atoms with E-state index in [0.717, 1.165) is 12.0 Å². The van der Waals surface area contributed by atoms with Crippen LogP contribution in [-0.4, -0.2) is 11.7 Å². The van der Waals surface area contributed by atoms with Gasteiger partial charge in [-0.05, 0) is 12.1 Å². The Morgan fingerprint density at radius 3 is 3.07 bits per heavy atom. The molecular formula is C10H10N2O2. The summed E-state index contributed by atoms with van der Waals surface area (Å²) in [6, 6.07) is 4.99. The molecule has 4 heteroatoms. The van der Waals surface area contributed by atoms with Gasteiger partial charge >= 0.3 is 0 Å². The van der Waals surface area contributed by atoms with Gasteiger partial charge in [0.2, 0.25) is 0 Å². The highest BCUT2D eigenvalue weighted by Crippen LogP contribution is 2.37. The molecule has 1 aliphatic heterocycles. The van der Waals surface area contributed by atoms with E-state index in [1.54, 1.807) is 6.07 Å². The minimum Gasteiger partial charge on any atom is -0.506 e. The monoisotopic (exact) mass is 190 g/mol. The summed E-state index contributed by atoms with van der Waals surface area (Å²) in [5.74, 6) is 0.381. The van der Waals surface area contributed by atoms with Gasteiger partial charge in [0.1, 0.15) is 23.1 Å². The Hall–Kier alpha value is -1.73. The Kier molecular flexibility index (Phi) is 2.02. The first kappa shape index (κ1) is 8.85. The van der Waals surface area contributed by atoms with E-state index < -0.39 is 0 Å². The SMILES string of the molecule is N#Cc1c(O)ccc2c1OCCC2N. The van der Waals surface area contributed by atoms with Crippen molar-refractivity contribution in [3.05, 3.63) is 23.3 Å². The van der Waals surface area contributed by atoms with Gasteiger partial charge in [-0.1, -0.05) is 0 Å². The van der Waals surface area contributed by atoms with Crippen LogP contribution in [0.3, 0.4) is 0 Å². The third kappa shape index (κ3) is 1.19. The summed E-state index contributed by atoms with van der Waals surface area (Å²) in [4.78, 5) is 0. The normalized spacial score (nSPS) is 19.3. The van der Waals surface area contributed by atoms with E-state index in [-0.39, 0.29) is 17.4 Å². The van der Waals surface area contributed by atoms with Crippen LogP contribution in [0.4, 0.5) is 0 Å². The van der Waals surface area contributed by atoms with Crippen molar-refractivity contribution < 1.29 is 9.84 Å². The van der Waals surface area contributed by atoms with Gasteiger partial charge in [0.15, 0.2) is 0 Å². The fraction of sp³-hybridized carbons (Fsp3) is 0.300. The van der Waals surface area contributed by atoms with Crippen molar-refractivity contribution in [2.24, 2.45) is 5.73 Å². The van der Waals surface area contributed by atoms with E-state index in [4.69, 9.17) is 15.7 Å². The number of aromatic hydroxyl groups is 1. The van der Waals surface area contributed by atoms with Crippen LogP contribution in [0.25, 0.3) is 0 Å². The van der Waals surface area contributed by atoms with Gasteiger partial charge in [0, 0.05) is 18.0 Å². The van der Waals surface area contributed by atoms with Crippen LogP contribution in [0.5, 0.6) is 11.5 Å². The number of benzene rings is 1. The molecule has 1 unspecified atom stereocenters. The summed E-state index contributed by atoms with van der Waals surface area (Å²) in [5.41, 5.74) is 6.82. The number of nitrogens with zero attached hydrogens (tertiary/aromatic N) is 1. The lowest BCUT2D eigenvalue weighted by Gasteiger charge is -2.23. The van der Waals surface area contributed by atoms with Crippen molar-refractivity contribution in [2.75, 3.05) is 6.61 Å². The van der Waals surface area contributed by atoms with Gasteiger partial charge in [0.25, 0.3) is 0 Å². The first-order chi connectivity index (χ1) is 6.74. The van der Waals surface area contributed by atoms with E-state index in [1.165, 1.54) is 6.07 Å². The minimum absolute atomic E-state index is 0.0552. The predicted molar refractivity (Wildman–Crippen MR) is 49.9 cm³/mol. The van der Waals surface area contributed by atoms with Crippen LogP contribution >= 0.6 is 0 Å². The predicted octanol–water partition coefficient (Wildman–Crippen LogP) is 1.05. The van der Waals surface area contributed by atoms with Crippen LogP contribution < -0.4 is 10.5 Å². The van der Waals surface area contributed by atoms with Crippen LogP contribution in [-0.2, 0) is 0 Å². The molecule has 0 aliphatic carbocycles. The van der Waals surface area contributed by atoms with Gasteiger partial charge < -0.3 is 15.6 Å². The Labute approximate surface area is 81.5 Å². The van der Waals surface area contributed by atoms with Crippen LogP contribution in [0.15, 0.2) is 12.1 Å². The first-order valence-corrected chi connectivity index (χ1v) is 4.38. The summed E-state index contributed by atoms with van der Waals surface area (Å²) in [7, 11) is 0. The Morgan fingerprint density at radius 1 is 1.57 bits per heavy atom. The molecule has 0 aromatic heterocycles. The second kappa shape index (κ2) is 3.20. The highest BCUT2D eigenvalue weighted by Gasteiger charge is 2.22. The molecule has 0 amide bonds. The Balaban J connectivity index is 2.63. The topological polar surface area (TPSA) is 79.3 Å². The third-order valence-corrected chi connectivity index (χ3v) is 2.35. The smallest absolute Gasteiger partial charge is 0.145 e. The van der Waals surface area contributed by atoms with Crippen molar-refractivity contribution in [1.29, 1.82) is 5.26 Å². The Bertz CT molecular complexity index is 409. The minimum atomic E-state index is -0.105. The molecule has 0 saturated heterocycles. The molecule has 0 bridgehead atoms. The maximum Gasteiger partial charge on any atom is 0.145 e. The number of hydrogen-bond acceptors (Lipinski definition) is 4. The molecule has 0 radical (unpaired) electrons. The van der Waals surface area contributed by atoms with Crippen molar-refractivity contribution in [1.82, 2.24) is 0 Å². The Morgan fingerprint density at radius 2 is 2.36 bits per heavy atom. The summed E-state index contributed by atoms with van der Waals surface area (Å²) in [6.07, 6.45) is 0.739. The quantitative estimate of drug-likeness (QED) is 0.640. The molecule has 3 N–H and O–H groups in total. The molecule has 1 atom stereocenters. The second-order valence-electron chi connectivity index (χ2n) is 3.23. The van der Waals surface area contributed by atoms with Gasteiger partial charge in [-0.3, -0.25) is 0 Å². The molecule has 1 heterocycles. The lowest BCUT2D eigenvalue weighted by Crippen LogP contribution is -2.21. The summed E-state index contributed by atoms with van der Waals surface area (Å²) in [5, 5.41) is 18.2. The van der Waals surface area contributed by atoms with E-state index in [2.05, 4.69) is 0 Å². The maximum absolute atomic E-state index is 9.41. The molecule has 0 saturated carbocycles. The van der Waals surface area contributed by atoms with Gasteiger partial charge in [-0.2, -0.15) is 5.26 Å². The molecule has 1 aromatic rings. The third-order valence-electron chi connectivity index (χ3n) is 2.35. The van der Waals surface area contributed by atoms with Crippen molar-refractivity contribution in [2.45, 2.75) is 12.5 Å². The van der Waals surface area contributed by atoms with E-state index >= 15 is 0 Å². The molecular weight excluding hydrogens is 180 g/mol. The summed E-state index contributed by atoms with van der Waals surface area (Å²) >= 11 is 0. The van der Waals surface area contributed by atoms with Crippen LogP contribution in [0.1, 0.15) is 23.6 Å². The number of ether oxygens (including phenoxy) is 1. The standard InChI is InChI=1S/C10H10N2O2/c11-5-7-9(13)2-1-6-8(12)3-4-14-10(6)7/h1-2,8,13H,3-4,12H2. The lowest BCUT2D eigenvalue weighted by atomic mass is 9.98. The maximum atomic E-state index is 9.41. The summed E-state index contributed by atoms with van der Waals surface area (Å²) < 4.78 is 5.33. The van der Waals surface area contributed by atoms with Crippen molar-refractivity contribution in [3.8, 4) is 17.6 Å². The van der Waals surface area contributed by atoms with E-state index in [9.17, 15) is 5.11 Å². The average Bonchev–Trinajstić information content (AvgIpc) is 2.18.